The molecule has 1 aromatic rings. The van der Waals surface area contributed by atoms with E-state index in [0.717, 1.165) is 31.2 Å². The van der Waals surface area contributed by atoms with Gasteiger partial charge in [0, 0.05) is 20.1 Å². The molecule has 3 atom stereocenters. The first-order chi connectivity index (χ1) is 10.7. The summed E-state index contributed by atoms with van der Waals surface area (Å²) in [4.78, 5) is 11.9. The number of ether oxygens (including phenoxy) is 1. The van der Waals surface area contributed by atoms with Crippen molar-refractivity contribution in [3.8, 4) is 0 Å². The maximum absolute atomic E-state index is 11.9. The number of benzene rings is 1. The highest BCUT2D eigenvalue weighted by Gasteiger charge is 2.26. The number of hydrogen-bond acceptors (Lipinski definition) is 3. The molecule has 0 heterocycles. The van der Waals surface area contributed by atoms with Crippen LogP contribution in [0.25, 0.3) is 0 Å². The summed E-state index contributed by atoms with van der Waals surface area (Å²) >= 11 is 0. The predicted octanol–water partition coefficient (Wildman–Crippen LogP) is 1.85. The summed E-state index contributed by atoms with van der Waals surface area (Å²) in [5, 5.41) is 15.7. The van der Waals surface area contributed by atoms with E-state index in [9.17, 15) is 9.90 Å². The molecule has 0 bridgehead atoms. The van der Waals surface area contributed by atoms with Gasteiger partial charge in [-0.1, -0.05) is 43.2 Å². The molecule has 2 amide bonds. The number of urea groups is 1. The molecule has 3 unspecified atom stereocenters. The molecule has 1 fully saturated rings. The third kappa shape index (κ3) is 5.31. The van der Waals surface area contributed by atoms with E-state index in [1.165, 1.54) is 0 Å². The van der Waals surface area contributed by atoms with E-state index in [1.807, 2.05) is 30.3 Å². The summed E-state index contributed by atoms with van der Waals surface area (Å²) in [6, 6.07) is 9.58. The Bertz CT molecular complexity index is 452. The fourth-order valence-electron chi connectivity index (χ4n) is 2.93. The van der Waals surface area contributed by atoms with Crippen molar-refractivity contribution in [1.82, 2.24) is 10.6 Å². The third-order valence-electron chi connectivity index (χ3n) is 4.13. The molecule has 22 heavy (non-hydrogen) atoms. The first-order valence-electron chi connectivity index (χ1n) is 7.98. The van der Waals surface area contributed by atoms with E-state index in [2.05, 4.69) is 10.6 Å². The van der Waals surface area contributed by atoms with E-state index in [1.54, 1.807) is 7.11 Å². The second kappa shape index (κ2) is 8.76. The number of amides is 2. The molecule has 122 valence electrons. The van der Waals surface area contributed by atoms with Crippen molar-refractivity contribution in [2.45, 2.75) is 50.4 Å². The van der Waals surface area contributed by atoms with E-state index in [4.69, 9.17) is 4.74 Å². The molecule has 5 nitrogen and oxygen atoms in total. The number of nitrogens with one attached hydrogen (secondary N) is 2. The highest BCUT2D eigenvalue weighted by molar-refractivity contribution is 5.74. The molecule has 0 radical (unpaired) electrons. The van der Waals surface area contributed by atoms with Gasteiger partial charge in [0.2, 0.25) is 0 Å². The Kier molecular flexibility index (Phi) is 6.68. The van der Waals surface area contributed by atoms with Gasteiger partial charge in [-0.25, -0.2) is 4.79 Å². The predicted molar refractivity (Wildman–Crippen MR) is 85.7 cm³/mol. The second-order valence-corrected chi connectivity index (χ2v) is 5.86. The van der Waals surface area contributed by atoms with Crippen LogP contribution in [-0.4, -0.2) is 43.0 Å². The van der Waals surface area contributed by atoms with Gasteiger partial charge in [0.25, 0.3) is 0 Å². The van der Waals surface area contributed by atoms with Gasteiger partial charge in [0.15, 0.2) is 0 Å². The van der Waals surface area contributed by atoms with Crippen LogP contribution in [-0.2, 0) is 11.2 Å². The Hall–Kier alpha value is -1.59. The van der Waals surface area contributed by atoms with E-state index >= 15 is 0 Å². The number of carbonyl (C=O) groups excluding carboxylic acids is 1. The molecule has 1 aliphatic carbocycles. The molecule has 0 saturated heterocycles. The van der Waals surface area contributed by atoms with Crippen molar-refractivity contribution in [2.24, 2.45) is 0 Å². The SMILES string of the molecule is COC1CCCCC1NC(=O)NCC(O)Cc1ccccc1. The third-order valence-corrected chi connectivity index (χ3v) is 4.13. The lowest BCUT2D eigenvalue weighted by molar-refractivity contribution is 0.0450. The average molecular weight is 306 g/mol. The van der Waals surface area contributed by atoms with Gasteiger partial charge >= 0.3 is 6.03 Å². The molecule has 0 spiro atoms. The van der Waals surface area contributed by atoms with Gasteiger partial charge in [-0.3, -0.25) is 0 Å². The van der Waals surface area contributed by atoms with Gasteiger partial charge in [-0.05, 0) is 18.4 Å². The molecule has 3 N–H and O–H groups in total. The van der Waals surface area contributed by atoms with Crippen molar-refractivity contribution in [3.05, 3.63) is 35.9 Å². The average Bonchev–Trinajstić information content (AvgIpc) is 2.54. The second-order valence-electron chi connectivity index (χ2n) is 5.86. The summed E-state index contributed by atoms with van der Waals surface area (Å²) in [7, 11) is 1.69. The standard InChI is InChI=1S/C17H26N2O3/c1-22-16-10-6-5-9-15(16)19-17(21)18-12-14(20)11-13-7-3-2-4-8-13/h2-4,7-8,14-16,20H,5-6,9-12H2,1H3,(H2,18,19,21). The summed E-state index contributed by atoms with van der Waals surface area (Å²) in [5.74, 6) is 0. The number of rotatable bonds is 6. The van der Waals surface area contributed by atoms with Crippen LogP contribution in [0.5, 0.6) is 0 Å². The lowest BCUT2D eigenvalue weighted by Crippen LogP contribution is -2.50. The van der Waals surface area contributed by atoms with E-state index < -0.39 is 6.10 Å². The van der Waals surface area contributed by atoms with Crippen molar-refractivity contribution in [2.75, 3.05) is 13.7 Å². The fourth-order valence-corrected chi connectivity index (χ4v) is 2.93. The molecule has 0 aliphatic heterocycles. The minimum atomic E-state index is -0.585. The molecule has 0 aromatic heterocycles. The van der Waals surface area contributed by atoms with Crippen LogP contribution in [0.3, 0.4) is 0 Å². The van der Waals surface area contributed by atoms with Crippen molar-refractivity contribution >= 4 is 6.03 Å². The van der Waals surface area contributed by atoms with Gasteiger partial charge in [0.1, 0.15) is 0 Å². The normalized spacial score (nSPS) is 22.8. The van der Waals surface area contributed by atoms with Crippen LogP contribution in [0.1, 0.15) is 31.2 Å². The van der Waals surface area contributed by atoms with Crippen LogP contribution in [0, 0.1) is 0 Å². The van der Waals surface area contributed by atoms with Gasteiger partial charge in [0.05, 0.1) is 18.2 Å². The monoisotopic (exact) mass is 306 g/mol. The first-order valence-corrected chi connectivity index (χ1v) is 7.98. The Balaban J connectivity index is 1.70. The maximum Gasteiger partial charge on any atom is 0.315 e. The van der Waals surface area contributed by atoms with Crippen LogP contribution in [0.4, 0.5) is 4.79 Å². The van der Waals surface area contributed by atoms with E-state index in [0.29, 0.717) is 6.42 Å². The molecule has 2 rings (SSSR count). The largest absolute Gasteiger partial charge is 0.391 e. The fraction of sp³-hybridized carbons (Fsp3) is 0.588. The quantitative estimate of drug-likeness (QED) is 0.751. The summed E-state index contributed by atoms with van der Waals surface area (Å²) in [6.45, 7) is 0.241. The maximum atomic E-state index is 11.9. The summed E-state index contributed by atoms with van der Waals surface area (Å²) < 4.78 is 5.42. The lowest BCUT2D eigenvalue weighted by atomic mass is 9.92. The van der Waals surface area contributed by atoms with Gasteiger partial charge in [-0.15, -0.1) is 0 Å². The molecule has 1 saturated carbocycles. The molecular formula is C17H26N2O3. The highest BCUT2D eigenvalue weighted by Crippen LogP contribution is 2.20. The number of methoxy groups -OCH3 is 1. The van der Waals surface area contributed by atoms with Crippen LogP contribution >= 0.6 is 0 Å². The Labute approximate surface area is 132 Å². The Morgan fingerprint density at radius 2 is 2.05 bits per heavy atom. The molecule has 1 aliphatic rings. The lowest BCUT2D eigenvalue weighted by Gasteiger charge is -2.31. The summed E-state index contributed by atoms with van der Waals surface area (Å²) in [5.41, 5.74) is 1.06. The minimum absolute atomic E-state index is 0.0602. The zero-order valence-electron chi connectivity index (χ0n) is 13.1. The zero-order valence-corrected chi connectivity index (χ0v) is 13.1. The Morgan fingerprint density at radius 3 is 2.77 bits per heavy atom. The van der Waals surface area contributed by atoms with Crippen molar-refractivity contribution < 1.29 is 14.6 Å². The molecule has 5 heteroatoms. The number of aliphatic hydroxyl groups is 1. The van der Waals surface area contributed by atoms with Gasteiger partial charge < -0.3 is 20.5 Å². The van der Waals surface area contributed by atoms with Crippen molar-refractivity contribution in [1.29, 1.82) is 0 Å². The van der Waals surface area contributed by atoms with Gasteiger partial charge in [-0.2, -0.15) is 0 Å². The number of aliphatic hydroxyl groups excluding tert-OH is 1. The zero-order chi connectivity index (χ0) is 15.8. The van der Waals surface area contributed by atoms with E-state index in [-0.39, 0.29) is 24.7 Å². The number of hydrogen-bond donors (Lipinski definition) is 3. The first kappa shape index (κ1) is 16.8. The molecule has 1 aromatic carbocycles. The molecular weight excluding hydrogens is 280 g/mol. The van der Waals surface area contributed by atoms with Crippen molar-refractivity contribution in [3.63, 3.8) is 0 Å². The van der Waals surface area contributed by atoms with Crippen LogP contribution in [0.15, 0.2) is 30.3 Å². The van der Waals surface area contributed by atoms with Crippen LogP contribution < -0.4 is 10.6 Å². The summed E-state index contributed by atoms with van der Waals surface area (Å²) in [6.07, 6.45) is 4.23. The Morgan fingerprint density at radius 1 is 1.32 bits per heavy atom. The smallest absolute Gasteiger partial charge is 0.315 e. The minimum Gasteiger partial charge on any atom is -0.391 e. The topological polar surface area (TPSA) is 70.6 Å². The van der Waals surface area contributed by atoms with Crippen LogP contribution in [0.2, 0.25) is 0 Å². The number of carbonyl (C=O) groups is 1. The highest BCUT2D eigenvalue weighted by atomic mass is 16.5.